The number of rotatable bonds is 9. The molecule has 0 spiro atoms. The highest BCUT2D eigenvalue weighted by atomic mass is 16.4. The first-order valence-electron chi connectivity index (χ1n) is 7.47. The van der Waals surface area contributed by atoms with Crippen LogP contribution in [-0.2, 0) is 19.2 Å². The number of hydrogen-bond donors (Lipinski definition) is 6. The van der Waals surface area contributed by atoms with Crippen molar-refractivity contribution in [2.45, 2.75) is 51.9 Å². The van der Waals surface area contributed by atoms with Crippen LogP contribution >= 0.6 is 0 Å². The Morgan fingerprint density at radius 1 is 0.708 bits per heavy atom. The Morgan fingerprint density at radius 3 is 1.12 bits per heavy atom. The van der Waals surface area contributed by atoms with E-state index in [1.807, 2.05) is 0 Å². The van der Waals surface area contributed by atoms with E-state index in [0.29, 0.717) is 0 Å². The summed E-state index contributed by atoms with van der Waals surface area (Å²) in [6.07, 6.45) is 0. The number of carbonyl (C=O) groups is 4. The van der Waals surface area contributed by atoms with Crippen molar-refractivity contribution in [3.63, 3.8) is 0 Å². The van der Waals surface area contributed by atoms with Crippen LogP contribution in [0.4, 0.5) is 0 Å². The number of nitrogens with one attached hydrogen (secondary N) is 2. The van der Waals surface area contributed by atoms with Crippen molar-refractivity contribution in [3.05, 3.63) is 0 Å². The maximum atomic E-state index is 12.0. The number of carboxylic acid groups (broad SMARTS) is 2. The average Bonchev–Trinajstić information content (AvgIpc) is 2.46. The number of carboxylic acids is 2. The number of nitrogens with two attached hydrogens (primary N) is 2. The summed E-state index contributed by atoms with van der Waals surface area (Å²) in [5, 5.41) is 22.5. The fourth-order valence-corrected chi connectivity index (χ4v) is 1.85. The lowest BCUT2D eigenvalue weighted by molar-refractivity contribution is -0.144. The van der Waals surface area contributed by atoms with Crippen LogP contribution in [0.25, 0.3) is 0 Å². The summed E-state index contributed by atoms with van der Waals surface area (Å²) in [7, 11) is 0. The molecule has 0 unspecified atom stereocenters. The van der Waals surface area contributed by atoms with Crippen LogP contribution in [0.15, 0.2) is 0 Å². The number of carbonyl (C=O) groups excluding carboxylic acids is 2. The highest BCUT2D eigenvalue weighted by molar-refractivity contribution is 5.95. The van der Waals surface area contributed by atoms with E-state index in [2.05, 4.69) is 10.6 Å². The average molecular weight is 346 g/mol. The molecule has 0 radical (unpaired) electrons. The second-order valence-corrected chi connectivity index (χ2v) is 6.19. The molecule has 0 saturated carbocycles. The maximum Gasteiger partial charge on any atom is 0.326 e. The van der Waals surface area contributed by atoms with E-state index in [4.69, 9.17) is 21.7 Å². The van der Waals surface area contributed by atoms with Crippen molar-refractivity contribution < 1.29 is 29.4 Å². The van der Waals surface area contributed by atoms with E-state index < -0.39 is 59.8 Å². The van der Waals surface area contributed by atoms with Crippen molar-refractivity contribution in [1.29, 1.82) is 0 Å². The van der Waals surface area contributed by atoms with E-state index in [-0.39, 0.29) is 0 Å². The topological polar surface area (TPSA) is 185 Å². The Morgan fingerprint density at radius 2 is 0.958 bits per heavy atom. The summed E-state index contributed by atoms with van der Waals surface area (Å²) in [6, 6.07) is -5.40. The quantitative estimate of drug-likeness (QED) is 0.279. The largest absolute Gasteiger partial charge is 0.480 e. The van der Waals surface area contributed by atoms with Crippen LogP contribution in [0, 0.1) is 11.8 Å². The lowest BCUT2D eigenvalue weighted by atomic mass is 10.0. The number of hydrogen-bond acceptors (Lipinski definition) is 6. The molecule has 0 bridgehead atoms. The van der Waals surface area contributed by atoms with Crippen molar-refractivity contribution in [2.24, 2.45) is 23.3 Å². The van der Waals surface area contributed by atoms with Gasteiger partial charge in [-0.3, -0.25) is 9.59 Å². The Kier molecular flexibility index (Phi) is 8.34. The predicted octanol–water partition coefficient (Wildman–Crippen LogP) is -1.91. The molecule has 2 amide bonds. The molecule has 138 valence electrons. The van der Waals surface area contributed by atoms with Gasteiger partial charge in [0, 0.05) is 0 Å². The van der Waals surface area contributed by atoms with Crippen LogP contribution < -0.4 is 22.1 Å². The molecule has 0 saturated heterocycles. The van der Waals surface area contributed by atoms with Gasteiger partial charge in [0.15, 0.2) is 0 Å². The van der Waals surface area contributed by atoms with Gasteiger partial charge in [0.05, 0.1) is 0 Å². The van der Waals surface area contributed by atoms with Gasteiger partial charge in [0.1, 0.15) is 24.2 Å². The van der Waals surface area contributed by atoms with E-state index >= 15 is 0 Å². The van der Waals surface area contributed by atoms with Crippen molar-refractivity contribution >= 4 is 23.8 Å². The van der Waals surface area contributed by atoms with Gasteiger partial charge < -0.3 is 32.3 Å². The zero-order chi connectivity index (χ0) is 19.2. The molecule has 10 nitrogen and oxygen atoms in total. The first kappa shape index (κ1) is 21.8. The zero-order valence-electron chi connectivity index (χ0n) is 14.1. The van der Waals surface area contributed by atoms with Crippen molar-refractivity contribution in [2.75, 3.05) is 0 Å². The second kappa shape index (κ2) is 9.18. The fourth-order valence-electron chi connectivity index (χ4n) is 1.85. The van der Waals surface area contributed by atoms with Gasteiger partial charge in [-0.15, -0.1) is 0 Å². The minimum Gasteiger partial charge on any atom is -0.480 e. The first-order valence-corrected chi connectivity index (χ1v) is 7.47. The zero-order valence-corrected chi connectivity index (χ0v) is 14.1. The normalized spacial score (nSPS) is 16.2. The van der Waals surface area contributed by atoms with Gasteiger partial charge in [-0.2, -0.15) is 0 Å². The molecule has 0 aromatic heterocycles. The van der Waals surface area contributed by atoms with Crippen LogP contribution in [0.1, 0.15) is 27.7 Å². The second-order valence-electron chi connectivity index (χ2n) is 6.19. The molecule has 0 fully saturated rings. The molecule has 0 aliphatic heterocycles. The standard InChI is InChI=1S/C14H26N4O6/c1-5(2)9(13(21)22)17-11(19)7(15)8(16)12(20)18-10(6(3)4)14(23)24/h5-10H,15-16H2,1-4H3,(H,17,19)(H,18,20)(H,21,22)(H,23,24)/t7-,8-,9-,10-/m0/s1. The summed E-state index contributed by atoms with van der Waals surface area (Å²) in [4.78, 5) is 46.1. The SMILES string of the molecule is CC(C)[C@H](NC(=O)[C@@H](N)[C@H](N)C(=O)N[C@H](C(=O)O)C(C)C)C(=O)O. The molecule has 0 heterocycles. The van der Waals surface area contributed by atoms with Crippen LogP contribution in [-0.4, -0.2) is 58.1 Å². The molecule has 8 N–H and O–H groups in total. The Hall–Kier alpha value is -2.20. The minimum atomic E-state index is -1.52. The van der Waals surface area contributed by atoms with Gasteiger partial charge in [0.2, 0.25) is 11.8 Å². The third-order valence-electron chi connectivity index (χ3n) is 3.45. The monoisotopic (exact) mass is 346 g/mol. The molecule has 4 atom stereocenters. The van der Waals surface area contributed by atoms with Crippen LogP contribution in [0.3, 0.4) is 0 Å². The Bertz CT molecular complexity index is 450. The molecule has 24 heavy (non-hydrogen) atoms. The highest BCUT2D eigenvalue weighted by Gasteiger charge is 2.33. The summed E-state index contributed by atoms with van der Waals surface area (Å²) in [5.74, 6) is -5.10. The predicted molar refractivity (Wildman–Crippen MR) is 84.8 cm³/mol. The molecule has 0 aliphatic carbocycles. The minimum absolute atomic E-state index is 0.402. The van der Waals surface area contributed by atoms with Crippen LogP contribution in [0.5, 0.6) is 0 Å². The third kappa shape index (κ3) is 6.13. The molecular formula is C14H26N4O6. The highest BCUT2D eigenvalue weighted by Crippen LogP contribution is 2.04. The van der Waals surface area contributed by atoms with E-state index in [1.54, 1.807) is 27.7 Å². The molecule has 0 aromatic carbocycles. The van der Waals surface area contributed by atoms with Gasteiger partial charge in [0.25, 0.3) is 0 Å². The van der Waals surface area contributed by atoms with E-state index in [9.17, 15) is 19.2 Å². The third-order valence-corrected chi connectivity index (χ3v) is 3.45. The summed E-state index contributed by atoms with van der Waals surface area (Å²) >= 11 is 0. The Balaban J connectivity index is 4.93. The smallest absolute Gasteiger partial charge is 0.326 e. The Labute approximate surface area is 139 Å². The lowest BCUT2D eigenvalue weighted by Crippen LogP contribution is -2.62. The summed E-state index contributed by atoms with van der Waals surface area (Å²) in [5.41, 5.74) is 11.2. The first-order chi connectivity index (χ1) is 10.9. The lowest BCUT2D eigenvalue weighted by Gasteiger charge is -2.25. The molecule has 0 aliphatic rings. The van der Waals surface area contributed by atoms with Crippen molar-refractivity contribution in [1.82, 2.24) is 10.6 Å². The maximum absolute atomic E-state index is 12.0. The summed E-state index contributed by atoms with van der Waals surface area (Å²) < 4.78 is 0. The van der Waals surface area contributed by atoms with E-state index in [1.165, 1.54) is 0 Å². The fraction of sp³-hybridized carbons (Fsp3) is 0.714. The number of amides is 2. The van der Waals surface area contributed by atoms with Crippen molar-refractivity contribution in [3.8, 4) is 0 Å². The van der Waals surface area contributed by atoms with Gasteiger partial charge >= 0.3 is 11.9 Å². The number of aliphatic carboxylic acids is 2. The molecule has 10 heteroatoms. The molecule has 0 rings (SSSR count). The van der Waals surface area contributed by atoms with Gasteiger partial charge in [-0.1, -0.05) is 27.7 Å². The van der Waals surface area contributed by atoms with E-state index in [0.717, 1.165) is 0 Å². The van der Waals surface area contributed by atoms with Gasteiger partial charge in [-0.25, -0.2) is 9.59 Å². The van der Waals surface area contributed by atoms with Gasteiger partial charge in [-0.05, 0) is 11.8 Å². The van der Waals surface area contributed by atoms with Crippen LogP contribution in [0.2, 0.25) is 0 Å². The molecular weight excluding hydrogens is 320 g/mol. The molecule has 0 aromatic rings. The summed E-state index contributed by atoms with van der Waals surface area (Å²) in [6.45, 7) is 6.38.